The first-order valence-corrected chi connectivity index (χ1v) is 6.68. The Bertz CT molecular complexity index is 538. The average Bonchev–Trinajstić information content (AvgIpc) is 2.37. The first-order chi connectivity index (χ1) is 9.55. The van der Waals surface area contributed by atoms with Crippen LogP contribution in [0.4, 0.5) is 11.9 Å². The molecular weight excluding hydrogens is 284 g/mol. The van der Waals surface area contributed by atoms with E-state index in [2.05, 4.69) is 25.6 Å². The van der Waals surface area contributed by atoms with E-state index in [4.69, 9.17) is 11.6 Å². The second-order valence-corrected chi connectivity index (χ2v) is 4.56. The lowest BCUT2D eigenvalue weighted by atomic mass is 10.1. The van der Waals surface area contributed by atoms with Crippen molar-refractivity contribution in [3.8, 4) is 0 Å². The molecule has 1 fully saturated rings. The van der Waals surface area contributed by atoms with Crippen LogP contribution in [-0.2, 0) is 9.59 Å². The van der Waals surface area contributed by atoms with Crippen molar-refractivity contribution in [2.45, 2.75) is 26.3 Å². The minimum Gasteiger partial charge on any atom is -0.354 e. The summed E-state index contributed by atoms with van der Waals surface area (Å²) in [4.78, 5) is 37.0. The van der Waals surface area contributed by atoms with Crippen molar-refractivity contribution in [1.82, 2.24) is 20.3 Å². The number of carbonyl (C=O) groups excluding carboxylic acids is 2. The molecule has 0 aromatic carbocycles. The van der Waals surface area contributed by atoms with Gasteiger partial charge in [0.25, 0.3) is 0 Å². The van der Waals surface area contributed by atoms with E-state index in [0.29, 0.717) is 18.9 Å². The Hall–Kier alpha value is -1.96. The van der Waals surface area contributed by atoms with E-state index >= 15 is 0 Å². The number of imide groups is 1. The SMILES string of the molecule is CCNc1nc(Cl)nc(N2CC(=O)NC(=O)C2CC)n1. The van der Waals surface area contributed by atoms with E-state index < -0.39 is 6.04 Å². The predicted octanol–water partition coefficient (Wildman–Crippen LogP) is 0.198. The molecule has 2 N–H and O–H groups in total. The Morgan fingerprint density at radius 3 is 2.75 bits per heavy atom. The van der Waals surface area contributed by atoms with Crippen LogP contribution in [0.25, 0.3) is 0 Å². The summed E-state index contributed by atoms with van der Waals surface area (Å²) in [6.07, 6.45) is 0.527. The molecule has 20 heavy (non-hydrogen) atoms. The molecule has 9 heteroatoms. The van der Waals surface area contributed by atoms with Crippen LogP contribution in [0.2, 0.25) is 5.28 Å². The van der Waals surface area contributed by atoms with E-state index in [1.165, 1.54) is 4.90 Å². The van der Waals surface area contributed by atoms with Gasteiger partial charge in [-0.05, 0) is 24.9 Å². The largest absolute Gasteiger partial charge is 0.354 e. The van der Waals surface area contributed by atoms with Gasteiger partial charge in [0, 0.05) is 6.54 Å². The molecule has 8 nitrogen and oxygen atoms in total. The second kappa shape index (κ2) is 6.00. The lowest BCUT2D eigenvalue weighted by molar-refractivity contribution is -0.133. The molecule has 1 saturated heterocycles. The van der Waals surface area contributed by atoms with Crippen LogP contribution >= 0.6 is 11.6 Å². The fraction of sp³-hybridized carbons (Fsp3) is 0.545. The van der Waals surface area contributed by atoms with E-state index in [1.807, 2.05) is 13.8 Å². The number of carbonyl (C=O) groups is 2. The van der Waals surface area contributed by atoms with Gasteiger partial charge in [-0.15, -0.1) is 0 Å². The average molecular weight is 299 g/mol. The summed E-state index contributed by atoms with van der Waals surface area (Å²) in [6.45, 7) is 4.37. The van der Waals surface area contributed by atoms with Crippen LogP contribution in [-0.4, -0.2) is 45.9 Å². The van der Waals surface area contributed by atoms with Crippen LogP contribution in [0.1, 0.15) is 20.3 Å². The fourth-order valence-corrected chi connectivity index (χ4v) is 2.14. The zero-order chi connectivity index (χ0) is 14.7. The molecule has 0 spiro atoms. The number of hydrogen-bond donors (Lipinski definition) is 2. The summed E-state index contributed by atoms with van der Waals surface area (Å²) in [5.74, 6) is -0.210. The molecule has 2 amide bonds. The summed E-state index contributed by atoms with van der Waals surface area (Å²) in [5, 5.41) is 5.23. The highest BCUT2D eigenvalue weighted by molar-refractivity contribution is 6.28. The van der Waals surface area contributed by atoms with E-state index in [-0.39, 0.29) is 29.6 Å². The van der Waals surface area contributed by atoms with Gasteiger partial charge in [-0.3, -0.25) is 14.9 Å². The van der Waals surface area contributed by atoms with Crippen LogP contribution in [0.3, 0.4) is 0 Å². The molecule has 0 saturated carbocycles. The predicted molar refractivity (Wildman–Crippen MR) is 73.6 cm³/mol. The minimum atomic E-state index is -0.499. The number of rotatable bonds is 4. The van der Waals surface area contributed by atoms with E-state index in [9.17, 15) is 9.59 Å². The Balaban J connectivity index is 2.36. The molecular formula is C11H15ClN6O2. The number of nitrogens with one attached hydrogen (secondary N) is 2. The fourth-order valence-electron chi connectivity index (χ4n) is 1.99. The molecule has 108 valence electrons. The number of aromatic nitrogens is 3. The van der Waals surface area contributed by atoms with Crippen molar-refractivity contribution in [1.29, 1.82) is 0 Å². The Kier molecular flexibility index (Phi) is 4.33. The Morgan fingerprint density at radius 1 is 1.35 bits per heavy atom. The van der Waals surface area contributed by atoms with Crippen molar-refractivity contribution >= 4 is 35.3 Å². The third-order valence-corrected chi connectivity index (χ3v) is 3.00. The molecule has 2 heterocycles. The van der Waals surface area contributed by atoms with Gasteiger partial charge in [0.15, 0.2) is 0 Å². The molecule has 2 rings (SSSR count). The number of piperazine rings is 1. The highest BCUT2D eigenvalue weighted by Gasteiger charge is 2.34. The van der Waals surface area contributed by atoms with Crippen LogP contribution < -0.4 is 15.5 Å². The smallest absolute Gasteiger partial charge is 0.249 e. The highest BCUT2D eigenvalue weighted by Crippen LogP contribution is 2.19. The Labute approximate surface area is 120 Å². The lowest BCUT2D eigenvalue weighted by Gasteiger charge is -2.33. The lowest BCUT2D eigenvalue weighted by Crippen LogP contribution is -2.58. The maximum absolute atomic E-state index is 11.8. The summed E-state index contributed by atoms with van der Waals surface area (Å²) >= 11 is 5.85. The van der Waals surface area contributed by atoms with Crippen LogP contribution in [0.15, 0.2) is 0 Å². The van der Waals surface area contributed by atoms with Gasteiger partial charge in [0.05, 0.1) is 0 Å². The zero-order valence-electron chi connectivity index (χ0n) is 11.2. The number of nitrogens with zero attached hydrogens (tertiary/aromatic N) is 4. The molecule has 0 radical (unpaired) electrons. The molecule has 1 aliphatic rings. The molecule has 1 aliphatic heterocycles. The monoisotopic (exact) mass is 298 g/mol. The second-order valence-electron chi connectivity index (χ2n) is 4.22. The van der Waals surface area contributed by atoms with Gasteiger partial charge in [0.1, 0.15) is 12.6 Å². The van der Waals surface area contributed by atoms with Crippen molar-refractivity contribution < 1.29 is 9.59 Å². The molecule has 1 aromatic heterocycles. The quantitative estimate of drug-likeness (QED) is 0.766. The Morgan fingerprint density at radius 2 is 2.10 bits per heavy atom. The van der Waals surface area contributed by atoms with Crippen molar-refractivity contribution in [2.75, 3.05) is 23.3 Å². The number of halogens is 1. The first-order valence-electron chi connectivity index (χ1n) is 6.31. The van der Waals surface area contributed by atoms with E-state index in [1.54, 1.807) is 0 Å². The maximum atomic E-state index is 11.8. The summed E-state index contributed by atoms with van der Waals surface area (Å²) in [6, 6.07) is -0.499. The van der Waals surface area contributed by atoms with E-state index in [0.717, 1.165) is 0 Å². The van der Waals surface area contributed by atoms with Gasteiger partial charge in [0.2, 0.25) is 29.0 Å². The molecule has 0 bridgehead atoms. The maximum Gasteiger partial charge on any atom is 0.249 e. The van der Waals surface area contributed by atoms with Gasteiger partial charge >= 0.3 is 0 Å². The van der Waals surface area contributed by atoms with Crippen molar-refractivity contribution in [3.05, 3.63) is 5.28 Å². The normalized spacial score (nSPS) is 18.9. The number of anilines is 2. The molecule has 1 atom stereocenters. The standard InChI is InChI=1S/C11H15ClN6O2/c1-3-6-8(20)14-7(19)5-18(6)11-16-9(12)15-10(17-11)13-4-2/h6H,3-5H2,1-2H3,(H,14,19,20)(H,13,15,16,17). The third kappa shape index (κ3) is 2.96. The minimum absolute atomic E-state index is 0.0101. The third-order valence-electron chi connectivity index (χ3n) is 2.83. The highest BCUT2D eigenvalue weighted by atomic mass is 35.5. The summed E-state index contributed by atoms with van der Waals surface area (Å²) in [5.41, 5.74) is 0. The topological polar surface area (TPSA) is 100 Å². The van der Waals surface area contributed by atoms with Gasteiger partial charge in [-0.1, -0.05) is 6.92 Å². The van der Waals surface area contributed by atoms with Gasteiger partial charge < -0.3 is 10.2 Å². The van der Waals surface area contributed by atoms with Crippen molar-refractivity contribution in [3.63, 3.8) is 0 Å². The summed E-state index contributed by atoms with van der Waals surface area (Å²) in [7, 11) is 0. The molecule has 1 unspecified atom stereocenters. The van der Waals surface area contributed by atoms with Gasteiger partial charge in [-0.25, -0.2) is 0 Å². The van der Waals surface area contributed by atoms with Crippen LogP contribution in [0.5, 0.6) is 0 Å². The van der Waals surface area contributed by atoms with Crippen LogP contribution in [0, 0.1) is 0 Å². The number of amides is 2. The number of hydrogen-bond acceptors (Lipinski definition) is 7. The molecule has 1 aromatic rings. The molecule has 0 aliphatic carbocycles. The van der Waals surface area contributed by atoms with Crippen molar-refractivity contribution in [2.24, 2.45) is 0 Å². The first kappa shape index (κ1) is 14.4. The zero-order valence-corrected chi connectivity index (χ0v) is 11.9. The van der Waals surface area contributed by atoms with Gasteiger partial charge in [-0.2, -0.15) is 15.0 Å². The summed E-state index contributed by atoms with van der Waals surface area (Å²) < 4.78 is 0.